The van der Waals surface area contributed by atoms with Gasteiger partial charge in [-0.05, 0) is 17.7 Å². The lowest BCUT2D eigenvalue weighted by atomic mass is 9.95. The van der Waals surface area contributed by atoms with Gasteiger partial charge in [-0.1, -0.05) is 37.6 Å². The number of thioether (sulfide) groups is 1. The highest BCUT2D eigenvalue weighted by Gasteiger charge is 2.17. The number of nitrogens with one attached hydrogen (secondary N) is 1. The summed E-state index contributed by atoms with van der Waals surface area (Å²) in [5.74, 6) is 1.17. The van der Waals surface area contributed by atoms with Crippen LogP contribution in [0.15, 0.2) is 24.3 Å². The van der Waals surface area contributed by atoms with E-state index in [2.05, 4.69) is 5.32 Å². The second-order valence-electron chi connectivity index (χ2n) is 5.22. The Labute approximate surface area is 123 Å². The minimum Gasteiger partial charge on any atom is -0.396 e. The van der Waals surface area contributed by atoms with Gasteiger partial charge in [0.05, 0.1) is 5.75 Å². The molecule has 0 radical (unpaired) electrons. The number of carbonyl (C=O) groups excluding carboxylic acids is 1. The summed E-state index contributed by atoms with van der Waals surface area (Å²) in [6.07, 6.45) is 0. The molecule has 0 saturated heterocycles. The molecule has 19 heavy (non-hydrogen) atoms. The lowest BCUT2D eigenvalue weighted by molar-refractivity contribution is -0.119. The van der Waals surface area contributed by atoms with Crippen molar-refractivity contribution in [2.24, 2.45) is 5.41 Å². The van der Waals surface area contributed by atoms with E-state index in [4.69, 9.17) is 16.7 Å². The average Bonchev–Trinajstić information content (AvgIpc) is 2.37. The molecular weight excluding hydrogens is 282 g/mol. The van der Waals surface area contributed by atoms with Crippen LogP contribution in [0.2, 0.25) is 5.02 Å². The highest BCUT2D eigenvalue weighted by atomic mass is 35.5. The summed E-state index contributed by atoms with van der Waals surface area (Å²) >= 11 is 7.44. The number of hydrogen-bond donors (Lipinski definition) is 2. The van der Waals surface area contributed by atoms with Crippen molar-refractivity contribution in [1.82, 2.24) is 5.32 Å². The molecule has 1 rings (SSSR count). The predicted molar refractivity (Wildman–Crippen MR) is 81.5 cm³/mol. The zero-order valence-corrected chi connectivity index (χ0v) is 12.9. The van der Waals surface area contributed by atoms with Crippen molar-refractivity contribution < 1.29 is 9.90 Å². The number of rotatable bonds is 7. The van der Waals surface area contributed by atoms with E-state index in [-0.39, 0.29) is 17.9 Å². The Morgan fingerprint density at radius 1 is 1.47 bits per heavy atom. The summed E-state index contributed by atoms with van der Waals surface area (Å²) in [6, 6.07) is 7.63. The van der Waals surface area contributed by atoms with Crippen LogP contribution in [-0.4, -0.2) is 29.9 Å². The Morgan fingerprint density at radius 3 is 2.84 bits per heavy atom. The third-order valence-electron chi connectivity index (χ3n) is 2.58. The van der Waals surface area contributed by atoms with Crippen LogP contribution >= 0.6 is 23.4 Å². The molecule has 0 spiro atoms. The van der Waals surface area contributed by atoms with Crippen molar-refractivity contribution in [3.63, 3.8) is 0 Å². The van der Waals surface area contributed by atoms with Gasteiger partial charge < -0.3 is 10.4 Å². The molecule has 0 atom stereocenters. The van der Waals surface area contributed by atoms with Crippen LogP contribution < -0.4 is 5.32 Å². The molecule has 106 valence electrons. The second kappa shape index (κ2) is 7.78. The monoisotopic (exact) mass is 301 g/mol. The SMILES string of the molecule is CC(C)(CO)CNC(=O)CSCc1cccc(Cl)c1. The van der Waals surface area contributed by atoms with Gasteiger partial charge >= 0.3 is 0 Å². The van der Waals surface area contributed by atoms with E-state index in [1.165, 1.54) is 0 Å². The van der Waals surface area contributed by atoms with Gasteiger partial charge in [0.1, 0.15) is 0 Å². The number of aliphatic hydroxyl groups is 1. The molecule has 5 heteroatoms. The van der Waals surface area contributed by atoms with Gasteiger partial charge in [-0.15, -0.1) is 11.8 Å². The smallest absolute Gasteiger partial charge is 0.230 e. The molecule has 0 bridgehead atoms. The van der Waals surface area contributed by atoms with Gasteiger partial charge in [0.2, 0.25) is 5.91 Å². The maximum absolute atomic E-state index is 11.6. The highest BCUT2D eigenvalue weighted by Crippen LogP contribution is 2.16. The highest BCUT2D eigenvalue weighted by molar-refractivity contribution is 7.99. The van der Waals surface area contributed by atoms with Crippen molar-refractivity contribution in [1.29, 1.82) is 0 Å². The quantitative estimate of drug-likeness (QED) is 0.814. The van der Waals surface area contributed by atoms with Crippen LogP contribution in [0.5, 0.6) is 0 Å². The number of carbonyl (C=O) groups is 1. The van der Waals surface area contributed by atoms with Crippen LogP contribution in [0.4, 0.5) is 0 Å². The molecule has 0 aliphatic heterocycles. The lowest BCUT2D eigenvalue weighted by Gasteiger charge is -2.21. The first-order chi connectivity index (χ1) is 8.93. The van der Waals surface area contributed by atoms with Crippen LogP contribution in [0.25, 0.3) is 0 Å². The van der Waals surface area contributed by atoms with Gasteiger partial charge in [-0.3, -0.25) is 4.79 Å². The Bertz CT molecular complexity index is 424. The summed E-state index contributed by atoms with van der Waals surface area (Å²) in [5.41, 5.74) is 0.841. The molecule has 3 nitrogen and oxygen atoms in total. The average molecular weight is 302 g/mol. The Morgan fingerprint density at radius 2 is 2.21 bits per heavy atom. The first-order valence-corrected chi connectivity index (χ1v) is 7.66. The number of benzene rings is 1. The summed E-state index contributed by atoms with van der Waals surface area (Å²) in [5, 5.41) is 12.6. The van der Waals surface area contributed by atoms with Crippen molar-refractivity contribution in [3.8, 4) is 0 Å². The minimum atomic E-state index is -0.271. The van der Waals surface area contributed by atoms with Gasteiger partial charge in [0.15, 0.2) is 0 Å². The first kappa shape index (κ1) is 16.3. The fourth-order valence-electron chi connectivity index (χ4n) is 1.33. The molecule has 0 aromatic heterocycles. The maximum atomic E-state index is 11.6. The Kier molecular flexibility index (Phi) is 6.69. The molecule has 1 amide bonds. The Hall–Kier alpha value is -0.710. The maximum Gasteiger partial charge on any atom is 0.230 e. The van der Waals surface area contributed by atoms with Crippen molar-refractivity contribution >= 4 is 29.3 Å². The van der Waals surface area contributed by atoms with Crippen LogP contribution in [-0.2, 0) is 10.5 Å². The topological polar surface area (TPSA) is 49.3 Å². The van der Waals surface area contributed by atoms with Crippen LogP contribution in [0, 0.1) is 5.41 Å². The van der Waals surface area contributed by atoms with Gasteiger partial charge in [0, 0.05) is 29.3 Å². The van der Waals surface area contributed by atoms with Gasteiger partial charge in [0.25, 0.3) is 0 Å². The second-order valence-corrected chi connectivity index (χ2v) is 6.64. The predicted octanol–water partition coefficient (Wildman–Crippen LogP) is 2.71. The van der Waals surface area contributed by atoms with E-state index in [1.807, 2.05) is 38.1 Å². The molecule has 1 aromatic carbocycles. The number of amides is 1. The van der Waals surface area contributed by atoms with E-state index in [0.717, 1.165) is 11.3 Å². The normalized spacial score (nSPS) is 11.4. The molecule has 0 unspecified atom stereocenters. The Balaban J connectivity index is 2.24. The molecule has 1 aromatic rings. The third kappa shape index (κ3) is 6.85. The fourth-order valence-corrected chi connectivity index (χ4v) is 2.35. The van der Waals surface area contributed by atoms with Crippen molar-refractivity contribution in [3.05, 3.63) is 34.9 Å². The number of aliphatic hydroxyl groups excluding tert-OH is 1. The van der Waals surface area contributed by atoms with E-state index >= 15 is 0 Å². The van der Waals surface area contributed by atoms with Crippen molar-refractivity contribution in [2.45, 2.75) is 19.6 Å². The molecule has 0 heterocycles. The van der Waals surface area contributed by atoms with Gasteiger partial charge in [-0.25, -0.2) is 0 Å². The lowest BCUT2D eigenvalue weighted by Crippen LogP contribution is -2.36. The van der Waals surface area contributed by atoms with E-state index in [1.54, 1.807) is 11.8 Å². The van der Waals surface area contributed by atoms with Crippen LogP contribution in [0.3, 0.4) is 0 Å². The number of hydrogen-bond acceptors (Lipinski definition) is 3. The fraction of sp³-hybridized carbons (Fsp3) is 0.500. The molecule has 2 N–H and O–H groups in total. The molecule has 0 aliphatic carbocycles. The largest absolute Gasteiger partial charge is 0.396 e. The summed E-state index contributed by atoms with van der Waals surface area (Å²) < 4.78 is 0. The van der Waals surface area contributed by atoms with E-state index < -0.39 is 0 Å². The first-order valence-electron chi connectivity index (χ1n) is 6.13. The molecular formula is C14H20ClNO2S. The minimum absolute atomic E-state index is 0.00597. The van der Waals surface area contributed by atoms with Crippen LogP contribution in [0.1, 0.15) is 19.4 Å². The van der Waals surface area contributed by atoms with E-state index in [0.29, 0.717) is 17.3 Å². The zero-order valence-electron chi connectivity index (χ0n) is 11.3. The molecule has 0 aliphatic rings. The standard InChI is InChI=1S/C14H20ClNO2S/c1-14(2,10-17)9-16-13(18)8-19-7-11-4-3-5-12(15)6-11/h3-6,17H,7-10H2,1-2H3,(H,16,18). The molecule has 0 fully saturated rings. The van der Waals surface area contributed by atoms with Crippen molar-refractivity contribution in [2.75, 3.05) is 18.9 Å². The third-order valence-corrected chi connectivity index (χ3v) is 3.82. The zero-order chi connectivity index (χ0) is 14.3. The summed E-state index contributed by atoms with van der Waals surface area (Å²) in [6.45, 7) is 4.36. The van der Waals surface area contributed by atoms with Gasteiger partial charge in [-0.2, -0.15) is 0 Å². The summed E-state index contributed by atoms with van der Waals surface area (Å²) in [7, 11) is 0. The number of halogens is 1. The summed E-state index contributed by atoms with van der Waals surface area (Å²) in [4.78, 5) is 11.6. The van der Waals surface area contributed by atoms with E-state index in [9.17, 15) is 4.79 Å². The molecule has 0 saturated carbocycles.